The molecule has 0 amide bonds. The van der Waals surface area contributed by atoms with Crippen molar-refractivity contribution in [2.24, 2.45) is 11.7 Å². The number of carbonyl (C=O) groups excluding carboxylic acids is 2. The number of hydrogen-bond acceptors (Lipinski definition) is 7. The van der Waals surface area contributed by atoms with Crippen LogP contribution in [0.2, 0.25) is 0 Å². The van der Waals surface area contributed by atoms with Crippen LogP contribution in [0.3, 0.4) is 0 Å². The summed E-state index contributed by atoms with van der Waals surface area (Å²) >= 11 is 7.45. The van der Waals surface area contributed by atoms with Crippen molar-refractivity contribution in [1.82, 2.24) is 0 Å². The van der Waals surface area contributed by atoms with Gasteiger partial charge in [0.1, 0.15) is 6.04 Å². The Morgan fingerprint density at radius 1 is 1.17 bits per heavy atom. The molecular weight excluding hydrogens is 350 g/mol. The monoisotopic (exact) mass is 373 g/mol. The number of nitrogens with two attached hydrogens (primary N) is 1. The zero-order valence-corrected chi connectivity index (χ0v) is 15.8. The van der Waals surface area contributed by atoms with Crippen LogP contribution in [0.5, 0.6) is 0 Å². The van der Waals surface area contributed by atoms with E-state index in [2.05, 4.69) is 12.6 Å². The fourth-order valence-electron chi connectivity index (χ4n) is 1.97. The zero-order chi connectivity index (χ0) is 17.2. The third kappa shape index (κ3) is 7.20. The van der Waals surface area contributed by atoms with E-state index in [1.54, 1.807) is 23.5 Å². The summed E-state index contributed by atoms with van der Waals surface area (Å²) in [7, 11) is 0. The summed E-state index contributed by atoms with van der Waals surface area (Å²) in [5, 5.41) is 0. The van der Waals surface area contributed by atoms with Crippen LogP contribution in [-0.2, 0) is 20.7 Å². The molecule has 0 fully saturated rings. The number of ether oxygens (including phenoxy) is 1. The highest BCUT2D eigenvalue weighted by Crippen LogP contribution is 2.23. The Kier molecular flexibility index (Phi) is 9.78. The maximum atomic E-state index is 12.2. The summed E-state index contributed by atoms with van der Waals surface area (Å²) in [6.07, 6.45) is 4.88. The number of thiol groups is 1. The van der Waals surface area contributed by atoms with Gasteiger partial charge in [-0.25, -0.2) is 4.79 Å². The van der Waals surface area contributed by atoms with Crippen LogP contribution in [0.25, 0.3) is 0 Å². The predicted molar refractivity (Wildman–Crippen MR) is 102 cm³/mol. The van der Waals surface area contributed by atoms with E-state index in [-0.39, 0.29) is 4.58 Å². The quantitative estimate of drug-likeness (QED) is 0.300. The average molecular weight is 374 g/mol. The highest BCUT2D eigenvalue weighted by Gasteiger charge is 2.26. The largest absolute Gasteiger partial charge is 0.392 e. The Hall–Kier alpha value is -0.630. The van der Waals surface area contributed by atoms with Gasteiger partial charge < -0.3 is 10.5 Å². The van der Waals surface area contributed by atoms with E-state index in [4.69, 9.17) is 10.5 Å². The van der Waals surface area contributed by atoms with E-state index in [0.29, 0.717) is 18.6 Å². The molecule has 1 unspecified atom stereocenters. The molecule has 2 N–H and O–H groups in total. The molecule has 0 aliphatic heterocycles. The maximum absolute atomic E-state index is 12.2. The second-order valence-corrected chi connectivity index (χ2v) is 7.80. The van der Waals surface area contributed by atoms with E-state index >= 15 is 0 Å². The van der Waals surface area contributed by atoms with E-state index in [1.165, 1.54) is 0 Å². The first-order chi connectivity index (χ1) is 11.0. The molecule has 4 nitrogen and oxygen atoms in total. The van der Waals surface area contributed by atoms with Gasteiger partial charge in [0.2, 0.25) is 0 Å². The SMILES string of the molecule is CSC(C[C@H](N)C(=O)OC(=O)C(CS)Cc1ccccc1)SC. The third-order valence-corrected chi connectivity index (χ3v) is 6.39. The van der Waals surface area contributed by atoms with Gasteiger partial charge in [-0.15, -0.1) is 0 Å². The first-order valence-corrected chi connectivity index (χ1v) is 10.4. The van der Waals surface area contributed by atoms with Crippen molar-refractivity contribution in [3.05, 3.63) is 35.9 Å². The molecule has 0 heterocycles. The van der Waals surface area contributed by atoms with Gasteiger partial charge >= 0.3 is 11.9 Å². The fraction of sp³-hybridized carbons (Fsp3) is 0.500. The topological polar surface area (TPSA) is 69.4 Å². The molecule has 7 heteroatoms. The molecule has 0 bridgehead atoms. The van der Waals surface area contributed by atoms with E-state index in [9.17, 15) is 9.59 Å². The minimum Gasteiger partial charge on any atom is -0.392 e. The lowest BCUT2D eigenvalue weighted by atomic mass is 10.0. The summed E-state index contributed by atoms with van der Waals surface area (Å²) in [6, 6.07) is 8.79. The third-order valence-electron chi connectivity index (χ3n) is 3.35. The normalized spacial score (nSPS) is 13.6. The number of hydrogen-bond donors (Lipinski definition) is 2. The number of thioether (sulfide) groups is 2. The summed E-state index contributed by atoms with van der Waals surface area (Å²) in [6.45, 7) is 0. The van der Waals surface area contributed by atoms with Crippen LogP contribution >= 0.6 is 36.2 Å². The molecule has 0 spiro atoms. The van der Waals surface area contributed by atoms with Crippen molar-refractivity contribution in [3.8, 4) is 0 Å². The molecule has 128 valence electrons. The molecule has 2 atom stereocenters. The zero-order valence-electron chi connectivity index (χ0n) is 13.3. The van der Waals surface area contributed by atoms with E-state index in [1.807, 2.05) is 42.8 Å². The van der Waals surface area contributed by atoms with Crippen LogP contribution in [0.1, 0.15) is 12.0 Å². The summed E-state index contributed by atoms with van der Waals surface area (Å²) in [5.74, 6) is -1.38. The van der Waals surface area contributed by atoms with Gasteiger partial charge in [-0.2, -0.15) is 36.2 Å². The lowest BCUT2D eigenvalue weighted by molar-refractivity contribution is -0.163. The van der Waals surface area contributed by atoms with Gasteiger partial charge in [0.15, 0.2) is 0 Å². The molecule has 0 saturated carbocycles. The second-order valence-electron chi connectivity index (χ2n) is 5.05. The molecule has 1 aromatic carbocycles. The second kappa shape index (κ2) is 11.0. The molecular formula is C16H23NO3S3. The smallest absolute Gasteiger partial charge is 0.330 e. The van der Waals surface area contributed by atoms with Crippen molar-refractivity contribution >= 4 is 48.1 Å². The molecule has 0 aliphatic rings. The molecule has 0 aromatic heterocycles. The van der Waals surface area contributed by atoms with Crippen LogP contribution in [0.15, 0.2) is 30.3 Å². The van der Waals surface area contributed by atoms with Crippen LogP contribution < -0.4 is 5.73 Å². The highest BCUT2D eigenvalue weighted by atomic mass is 32.2. The van der Waals surface area contributed by atoms with Crippen molar-refractivity contribution in [1.29, 1.82) is 0 Å². The Morgan fingerprint density at radius 2 is 1.78 bits per heavy atom. The average Bonchev–Trinajstić information content (AvgIpc) is 2.57. The van der Waals surface area contributed by atoms with Gasteiger partial charge in [-0.1, -0.05) is 30.3 Å². The number of benzene rings is 1. The summed E-state index contributed by atoms with van der Waals surface area (Å²) in [4.78, 5) is 24.1. The predicted octanol–water partition coefficient (Wildman–Crippen LogP) is 2.61. The fourth-order valence-corrected chi connectivity index (χ4v) is 3.82. The first kappa shape index (κ1) is 20.4. The summed E-state index contributed by atoms with van der Waals surface area (Å²) in [5.41, 5.74) is 6.84. The lowest BCUT2D eigenvalue weighted by Crippen LogP contribution is -2.37. The van der Waals surface area contributed by atoms with Gasteiger partial charge in [0.25, 0.3) is 0 Å². The van der Waals surface area contributed by atoms with Crippen LogP contribution in [-0.4, -0.2) is 40.8 Å². The number of esters is 2. The van der Waals surface area contributed by atoms with Crippen molar-refractivity contribution in [3.63, 3.8) is 0 Å². The van der Waals surface area contributed by atoms with E-state index < -0.39 is 23.9 Å². The highest BCUT2D eigenvalue weighted by molar-refractivity contribution is 8.16. The van der Waals surface area contributed by atoms with Gasteiger partial charge in [-0.3, -0.25) is 4.79 Å². The molecule has 0 saturated heterocycles. The first-order valence-electron chi connectivity index (χ1n) is 7.23. The minimum atomic E-state index is -0.791. The molecule has 0 aliphatic carbocycles. The van der Waals surface area contributed by atoms with Gasteiger partial charge in [0.05, 0.1) is 10.5 Å². The Labute approximate surface area is 151 Å². The number of rotatable bonds is 9. The maximum Gasteiger partial charge on any atom is 0.330 e. The lowest BCUT2D eigenvalue weighted by Gasteiger charge is -2.18. The van der Waals surface area contributed by atoms with E-state index in [0.717, 1.165) is 5.56 Å². The Bertz CT molecular complexity index is 495. The molecule has 1 aromatic rings. The van der Waals surface area contributed by atoms with Crippen LogP contribution in [0, 0.1) is 5.92 Å². The number of carbonyl (C=O) groups is 2. The van der Waals surface area contributed by atoms with Crippen molar-refractivity contribution < 1.29 is 14.3 Å². The molecule has 23 heavy (non-hydrogen) atoms. The summed E-state index contributed by atoms with van der Waals surface area (Å²) < 4.78 is 5.16. The van der Waals surface area contributed by atoms with Gasteiger partial charge in [-0.05, 0) is 30.9 Å². The van der Waals surface area contributed by atoms with Crippen molar-refractivity contribution in [2.75, 3.05) is 18.3 Å². The van der Waals surface area contributed by atoms with Crippen molar-refractivity contribution in [2.45, 2.75) is 23.5 Å². The molecule has 0 radical (unpaired) electrons. The van der Waals surface area contributed by atoms with Crippen LogP contribution in [0.4, 0.5) is 0 Å². The minimum absolute atomic E-state index is 0.206. The Morgan fingerprint density at radius 3 is 2.30 bits per heavy atom. The Balaban J connectivity index is 2.56. The standard InChI is InChI=1S/C16H23NO3S3/c1-22-14(23-2)9-13(17)16(19)20-15(18)12(10-21)8-11-6-4-3-5-7-11/h3-7,12-14,21H,8-10,17H2,1-2H3/t12?,13-/m0/s1. The van der Waals surface area contributed by atoms with Gasteiger partial charge in [0, 0.05) is 5.75 Å². The molecule has 1 rings (SSSR count).